The molecule has 29 heavy (non-hydrogen) atoms. The minimum absolute atomic E-state index is 0.0814. The molecule has 3 aromatic carbocycles. The average Bonchev–Trinajstić information content (AvgIpc) is 3.12. The summed E-state index contributed by atoms with van der Waals surface area (Å²) in [7, 11) is 0. The molecular weight excluding hydrogens is 380 g/mol. The first kappa shape index (κ1) is 19.3. The molecule has 1 fully saturated rings. The normalized spacial score (nSPS) is 16.1. The second-order valence-corrected chi connectivity index (χ2v) is 8.19. The van der Waals surface area contributed by atoms with Gasteiger partial charge in [-0.2, -0.15) is 0 Å². The second kappa shape index (κ2) is 8.13. The van der Waals surface area contributed by atoms with Gasteiger partial charge < -0.3 is 5.32 Å². The zero-order valence-corrected chi connectivity index (χ0v) is 17.2. The van der Waals surface area contributed by atoms with Crippen LogP contribution in [0.25, 0.3) is 0 Å². The Kier molecular flexibility index (Phi) is 5.41. The maximum absolute atomic E-state index is 12.8. The maximum atomic E-state index is 12.8. The molecule has 1 unspecified atom stereocenters. The van der Waals surface area contributed by atoms with Crippen molar-refractivity contribution in [3.05, 3.63) is 95.1 Å². The number of thioether (sulfide) groups is 1. The van der Waals surface area contributed by atoms with Gasteiger partial charge >= 0.3 is 0 Å². The third-order valence-electron chi connectivity index (χ3n) is 5.00. The van der Waals surface area contributed by atoms with Gasteiger partial charge in [-0.1, -0.05) is 48.5 Å². The molecule has 2 amide bonds. The van der Waals surface area contributed by atoms with E-state index in [1.165, 1.54) is 0 Å². The molecule has 3 aromatic rings. The molecule has 1 aliphatic rings. The molecule has 0 aromatic heterocycles. The highest BCUT2D eigenvalue weighted by atomic mass is 32.2. The van der Waals surface area contributed by atoms with Crippen LogP contribution in [0.3, 0.4) is 0 Å². The minimum Gasteiger partial charge on any atom is -0.322 e. The summed E-state index contributed by atoms with van der Waals surface area (Å²) < 4.78 is 0. The van der Waals surface area contributed by atoms with Gasteiger partial charge in [-0.05, 0) is 49.2 Å². The summed E-state index contributed by atoms with van der Waals surface area (Å²) in [4.78, 5) is 27.4. The van der Waals surface area contributed by atoms with E-state index in [9.17, 15) is 9.59 Å². The van der Waals surface area contributed by atoms with Crippen LogP contribution < -0.4 is 10.2 Å². The fraction of sp³-hybridized carbons (Fsp3) is 0.167. The van der Waals surface area contributed by atoms with E-state index in [4.69, 9.17) is 0 Å². The highest BCUT2D eigenvalue weighted by Crippen LogP contribution is 2.45. The number of nitrogens with one attached hydrogen (secondary N) is 1. The van der Waals surface area contributed by atoms with Crippen molar-refractivity contribution in [3.63, 3.8) is 0 Å². The largest absolute Gasteiger partial charge is 0.322 e. The molecular formula is C24H22N2O2S. The monoisotopic (exact) mass is 402 g/mol. The fourth-order valence-electron chi connectivity index (χ4n) is 3.50. The highest BCUT2D eigenvalue weighted by molar-refractivity contribution is 8.00. The van der Waals surface area contributed by atoms with Crippen LogP contribution in [-0.4, -0.2) is 17.6 Å². The van der Waals surface area contributed by atoms with E-state index in [0.717, 1.165) is 28.1 Å². The van der Waals surface area contributed by atoms with Crippen LogP contribution in [0, 0.1) is 13.8 Å². The first-order chi connectivity index (χ1) is 14.0. The molecule has 1 atom stereocenters. The Morgan fingerprint density at radius 1 is 1.00 bits per heavy atom. The number of anilines is 2. The van der Waals surface area contributed by atoms with E-state index < -0.39 is 0 Å². The van der Waals surface area contributed by atoms with Crippen molar-refractivity contribution in [3.8, 4) is 0 Å². The van der Waals surface area contributed by atoms with Crippen LogP contribution in [-0.2, 0) is 4.79 Å². The summed E-state index contributed by atoms with van der Waals surface area (Å²) in [5.74, 6) is 0.336. The molecule has 0 radical (unpaired) electrons. The highest BCUT2D eigenvalue weighted by Gasteiger charge is 2.36. The quantitative estimate of drug-likeness (QED) is 0.641. The number of hydrogen-bond acceptors (Lipinski definition) is 3. The number of aryl methyl sites for hydroxylation is 2. The molecule has 0 bridgehead atoms. The Balaban J connectivity index is 1.70. The number of para-hydroxylation sites is 1. The number of hydrogen-bond donors (Lipinski definition) is 1. The standard InChI is InChI=1S/C24H22N2O2S/c1-16-12-13-17(2)21(14-16)26-22(27)15-29-24(26)19-10-6-7-11-20(19)25-23(28)18-8-4-3-5-9-18/h3-14,24H,15H2,1-2H3,(H,25,28). The smallest absolute Gasteiger partial charge is 0.255 e. The van der Waals surface area contributed by atoms with Crippen molar-refractivity contribution in [1.29, 1.82) is 0 Å². The number of nitrogens with zero attached hydrogens (tertiary/aromatic N) is 1. The first-order valence-electron chi connectivity index (χ1n) is 9.51. The molecule has 0 saturated carbocycles. The Labute approximate surface area is 174 Å². The summed E-state index contributed by atoms with van der Waals surface area (Å²) in [6.07, 6.45) is 0. The maximum Gasteiger partial charge on any atom is 0.255 e. The summed E-state index contributed by atoms with van der Waals surface area (Å²) in [5.41, 5.74) is 5.34. The van der Waals surface area contributed by atoms with Crippen molar-refractivity contribution >= 4 is 35.0 Å². The van der Waals surface area contributed by atoms with Gasteiger partial charge in [0.1, 0.15) is 5.37 Å². The van der Waals surface area contributed by atoms with Gasteiger partial charge in [0, 0.05) is 22.5 Å². The lowest BCUT2D eigenvalue weighted by atomic mass is 10.1. The van der Waals surface area contributed by atoms with Crippen molar-refractivity contribution in [1.82, 2.24) is 0 Å². The molecule has 1 N–H and O–H groups in total. The number of amides is 2. The Hall–Kier alpha value is -3.05. The molecule has 1 saturated heterocycles. The fourth-order valence-corrected chi connectivity index (χ4v) is 4.71. The zero-order valence-electron chi connectivity index (χ0n) is 16.4. The topological polar surface area (TPSA) is 49.4 Å². The van der Waals surface area contributed by atoms with Gasteiger partial charge in [0.2, 0.25) is 5.91 Å². The van der Waals surface area contributed by atoms with Crippen molar-refractivity contribution in [2.24, 2.45) is 0 Å². The summed E-state index contributed by atoms with van der Waals surface area (Å²) in [6, 6.07) is 23.0. The van der Waals surface area contributed by atoms with E-state index >= 15 is 0 Å². The number of carbonyl (C=O) groups is 2. The van der Waals surface area contributed by atoms with E-state index in [-0.39, 0.29) is 17.2 Å². The van der Waals surface area contributed by atoms with Crippen molar-refractivity contribution in [2.45, 2.75) is 19.2 Å². The molecule has 146 valence electrons. The molecule has 0 aliphatic carbocycles. The SMILES string of the molecule is Cc1ccc(C)c(N2C(=O)CSC2c2ccccc2NC(=O)c2ccccc2)c1. The lowest BCUT2D eigenvalue weighted by molar-refractivity contribution is -0.115. The lowest BCUT2D eigenvalue weighted by Crippen LogP contribution is -2.29. The minimum atomic E-state index is -0.185. The predicted molar refractivity (Wildman–Crippen MR) is 119 cm³/mol. The van der Waals surface area contributed by atoms with Gasteiger partial charge in [-0.25, -0.2) is 0 Å². The van der Waals surface area contributed by atoms with Gasteiger partial charge in [0.15, 0.2) is 0 Å². The number of benzene rings is 3. The first-order valence-corrected chi connectivity index (χ1v) is 10.6. The molecule has 1 aliphatic heterocycles. The Morgan fingerprint density at radius 3 is 2.52 bits per heavy atom. The summed E-state index contributed by atoms with van der Waals surface area (Å²) in [5, 5.41) is 2.84. The summed E-state index contributed by atoms with van der Waals surface area (Å²) >= 11 is 1.58. The van der Waals surface area contributed by atoms with Crippen LogP contribution in [0.5, 0.6) is 0 Å². The van der Waals surface area contributed by atoms with Crippen LogP contribution >= 0.6 is 11.8 Å². The van der Waals surface area contributed by atoms with E-state index in [1.54, 1.807) is 23.9 Å². The Morgan fingerprint density at radius 2 is 1.72 bits per heavy atom. The van der Waals surface area contributed by atoms with Crippen LogP contribution in [0.2, 0.25) is 0 Å². The summed E-state index contributed by atoms with van der Waals surface area (Å²) in [6.45, 7) is 4.05. The predicted octanol–water partition coefficient (Wildman–Crippen LogP) is 5.33. The number of rotatable bonds is 4. The Bertz CT molecular complexity index is 1070. The van der Waals surface area contributed by atoms with Gasteiger partial charge in [-0.3, -0.25) is 14.5 Å². The molecule has 5 heteroatoms. The van der Waals surface area contributed by atoms with E-state index in [2.05, 4.69) is 17.4 Å². The molecule has 0 spiro atoms. The van der Waals surface area contributed by atoms with Crippen molar-refractivity contribution < 1.29 is 9.59 Å². The van der Waals surface area contributed by atoms with E-state index in [0.29, 0.717) is 11.3 Å². The van der Waals surface area contributed by atoms with Crippen molar-refractivity contribution in [2.75, 3.05) is 16.0 Å². The second-order valence-electron chi connectivity index (χ2n) is 7.12. The average molecular weight is 403 g/mol. The zero-order chi connectivity index (χ0) is 20.4. The molecule has 4 rings (SSSR count). The van der Waals surface area contributed by atoms with Gasteiger partial charge in [0.25, 0.3) is 5.91 Å². The van der Waals surface area contributed by atoms with Crippen LogP contribution in [0.15, 0.2) is 72.8 Å². The van der Waals surface area contributed by atoms with E-state index in [1.807, 2.05) is 67.3 Å². The third kappa shape index (κ3) is 3.91. The van der Waals surface area contributed by atoms with Crippen LogP contribution in [0.4, 0.5) is 11.4 Å². The van der Waals surface area contributed by atoms with Crippen LogP contribution in [0.1, 0.15) is 32.4 Å². The number of carbonyl (C=O) groups excluding carboxylic acids is 2. The molecule has 4 nitrogen and oxygen atoms in total. The molecule has 1 heterocycles. The van der Waals surface area contributed by atoms with Gasteiger partial charge in [0.05, 0.1) is 5.75 Å². The lowest BCUT2D eigenvalue weighted by Gasteiger charge is -2.27. The third-order valence-corrected chi connectivity index (χ3v) is 6.20. The van der Waals surface area contributed by atoms with Gasteiger partial charge in [-0.15, -0.1) is 11.8 Å².